The fourth-order valence-electron chi connectivity index (χ4n) is 5.39. The Labute approximate surface area is 267 Å². The topological polar surface area (TPSA) is 249 Å². The van der Waals surface area contributed by atoms with E-state index in [-0.39, 0.29) is 45.8 Å². The SMILES string of the molecule is CC(C)=CCc1c(O[C@H]2O[C@H](CO)[C@@H](O)[C@H](O)[C@H]2O)cc(O)c2c(=O)c(O[C@@H]3O[C@H](C)[C@H](O)[C@@H](O)[C@H]3O)c(-c3ccc(O)cc3)oc12. The molecule has 15 heteroatoms. The van der Waals surface area contributed by atoms with Gasteiger partial charge in [0.1, 0.15) is 70.9 Å². The molecule has 3 aromatic rings. The first kappa shape index (κ1) is 34.6. The van der Waals surface area contributed by atoms with Gasteiger partial charge in [0.2, 0.25) is 23.8 Å². The van der Waals surface area contributed by atoms with E-state index >= 15 is 0 Å². The number of allylic oxidation sites excluding steroid dienone is 2. The summed E-state index contributed by atoms with van der Waals surface area (Å²) in [5.74, 6) is -1.66. The first-order valence-corrected chi connectivity index (χ1v) is 14.8. The number of aliphatic hydroxyl groups is 7. The van der Waals surface area contributed by atoms with E-state index in [1.807, 2.05) is 13.8 Å². The quantitative estimate of drug-likeness (QED) is 0.141. The second-order valence-corrected chi connectivity index (χ2v) is 11.8. The van der Waals surface area contributed by atoms with E-state index in [1.165, 1.54) is 31.2 Å². The van der Waals surface area contributed by atoms with Crippen LogP contribution < -0.4 is 14.9 Å². The highest BCUT2D eigenvalue weighted by atomic mass is 16.7. The average Bonchev–Trinajstić information content (AvgIpc) is 3.03. The molecule has 0 spiro atoms. The van der Waals surface area contributed by atoms with Crippen LogP contribution in [0.15, 0.2) is 51.2 Å². The van der Waals surface area contributed by atoms with Crippen LogP contribution in [-0.2, 0) is 15.9 Å². The summed E-state index contributed by atoms with van der Waals surface area (Å²) in [6.45, 7) is 4.34. The maximum Gasteiger partial charge on any atom is 0.239 e. The van der Waals surface area contributed by atoms with E-state index in [4.69, 9.17) is 23.4 Å². The van der Waals surface area contributed by atoms with Gasteiger partial charge in [-0.3, -0.25) is 4.79 Å². The zero-order chi connectivity index (χ0) is 34.3. The molecular formula is C32H38O15. The van der Waals surface area contributed by atoms with Crippen molar-refractivity contribution in [1.82, 2.24) is 0 Å². The van der Waals surface area contributed by atoms with Gasteiger partial charge < -0.3 is 69.3 Å². The summed E-state index contributed by atoms with van der Waals surface area (Å²) < 4.78 is 29.0. The predicted octanol–water partition coefficient (Wildman–Crippen LogP) is -0.235. The fraction of sp³-hybridized carbons (Fsp3) is 0.469. The van der Waals surface area contributed by atoms with Crippen LogP contribution in [0.25, 0.3) is 22.3 Å². The Morgan fingerprint density at radius 1 is 0.851 bits per heavy atom. The molecule has 0 bridgehead atoms. The largest absolute Gasteiger partial charge is 0.508 e. The molecule has 0 aliphatic carbocycles. The second-order valence-electron chi connectivity index (χ2n) is 11.8. The van der Waals surface area contributed by atoms with Crippen LogP contribution in [0.3, 0.4) is 0 Å². The van der Waals surface area contributed by atoms with Gasteiger partial charge in [0, 0.05) is 17.2 Å². The lowest BCUT2D eigenvalue weighted by Gasteiger charge is -2.39. The highest BCUT2D eigenvalue weighted by molar-refractivity contribution is 5.91. The van der Waals surface area contributed by atoms with Gasteiger partial charge in [-0.2, -0.15) is 0 Å². The van der Waals surface area contributed by atoms with Gasteiger partial charge in [-0.05, 0) is 51.5 Å². The predicted molar refractivity (Wildman–Crippen MR) is 162 cm³/mol. The van der Waals surface area contributed by atoms with Crippen molar-refractivity contribution in [2.24, 2.45) is 0 Å². The van der Waals surface area contributed by atoms with Crippen LogP contribution >= 0.6 is 0 Å². The smallest absolute Gasteiger partial charge is 0.239 e. The standard InChI is InChI=1S/C32H38O15/c1-12(2)4-9-16-18(44-32-27(42)25(40)22(37)19(11-33)45-32)10-17(35)20-23(38)30(47-31-26(41)24(39)21(36)13(3)43-31)28(46-29(16)20)14-5-7-15(34)8-6-14/h4-8,10,13,19,21-22,24-27,31-37,39-42H,9,11H2,1-3H3/t13-,19-,21+,22-,24-,25+,26-,27-,31+,32+/m1/s1. The molecule has 15 nitrogen and oxygen atoms in total. The Kier molecular flexibility index (Phi) is 10.1. The van der Waals surface area contributed by atoms with Crippen LogP contribution in [0.5, 0.6) is 23.0 Å². The third-order valence-corrected chi connectivity index (χ3v) is 8.14. The minimum atomic E-state index is -1.79. The zero-order valence-electron chi connectivity index (χ0n) is 25.6. The number of ether oxygens (including phenoxy) is 4. The molecule has 0 radical (unpaired) electrons. The number of aliphatic hydroxyl groups excluding tert-OH is 7. The van der Waals surface area contributed by atoms with Crippen LogP contribution in [0.1, 0.15) is 26.3 Å². The van der Waals surface area contributed by atoms with Crippen LogP contribution in [-0.4, -0.2) is 114 Å². The average molecular weight is 663 g/mol. The van der Waals surface area contributed by atoms with E-state index in [0.717, 1.165) is 11.6 Å². The lowest BCUT2D eigenvalue weighted by molar-refractivity contribution is -0.277. The Morgan fingerprint density at radius 3 is 2.09 bits per heavy atom. The summed E-state index contributed by atoms with van der Waals surface area (Å²) in [6.07, 6.45) is -13.9. The molecule has 2 fully saturated rings. The van der Waals surface area contributed by atoms with Crippen LogP contribution in [0.4, 0.5) is 0 Å². The van der Waals surface area contributed by atoms with E-state index in [2.05, 4.69) is 0 Å². The number of fused-ring (bicyclic) bond motifs is 1. The van der Waals surface area contributed by atoms with Crippen LogP contribution in [0, 0.1) is 0 Å². The molecule has 2 aromatic carbocycles. The number of phenols is 2. The van der Waals surface area contributed by atoms with Crippen molar-refractivity contribution in [3.8, 4) is 34.3 Å². The lowest BCUT2D eigenvalue weighted by Crippen LogP contribution is -2.60. The summed E-state index contributed by atoms with van der Waals surface area (Å²) in [4.78, 5) is 14.2. The Balaban J connectivity index is 1.71. The highest BCUT2D eigenvalue weighted by Crippen LogP contribution is 2.41. The molecule has 256 valence electrons. The van der Waals surface area contributed by atoms with E-state index < -0.39 is 84.9 Å². The summed E-state index contributed by atoms with van der Waals surface area (Å²) in [7, 11) is 0. The van der Waals surface area contributed by atoms with Gasteiger partial charge in [0.15, 0.2) is 5.76 Å². The number of hydrogen-bond acceptors (Lipinski definition) is 15. The number of benzene rings is 2. The van der Waals surface area contributed by atoms with Gasteiger partial charge in [-0.1, -0.05) is 11.6 Å². The molecule has 9 N–H and O–H groups in total. The van der Waals surface area contributed by atoms with Gasteiger partial charge in [-0.25, -0.2) is 0 Å². The molecule has 3 heterocycles. The Bertz CT molecular complexity index is 1660. The first-order valence-electron chi connectivity index (χ1n) is 14.8. The number of hydrogen-bond donors (Lipinski definition) is 9. The van der Waals surface area contributed by atoms with Gasteiger partial charge in [-0.15, -0.1) is 0 Å². The minimum absolute atomic E-state index is 0.0517. The molecule has 2 saturated heterocycles. The minimum Gasteiger partial charge on any atom is -0.508 e. The van der Waals surface area contributed by atoms with Crippen molar-refractivity contribution >= 4 is 11.0 Å². The molecule has 2 aliphatic heterocycles. The fourth-order valence-corrected chi connectivity index (χ4v) is 5.39. The molecule has 2 aliphatic rings. The molecule has 1 aromatic heterocycles. The van der Waals surface area contributed by atoms with E-state index in [9.17, 15) is 50.8 Å². The monoisotopic (exact) mass is 662 g/mol. The number of rotatable bonds is 8. The van der Waals surface area contributed by atoms with Crippen molar-refractivity contribution < 1.29 is 69.3 Å². The summed E-state index contributed by atoms with van der Waals surface area (Å²) in [5, 5.41) is 92.5. The molecule has 0 unspecified atom stereocenters. The lowest BCUT2D eigenvalue weighted by atomic mass is 9.99. The van der Waals surface area contributed by atoms with Crippen molar-refractivity contribution in [1.29, 1.82) is 0 Å². The third-order valence-electron chi connectivity index (χ3n) is 8.14. The summed E-state index contributed by atoms with van der Waals surface area (Å²) in [6, 6.07) is 6.52. The molecule has 5 rings (SSSR count). The molecule has 47 heavy (non-hydrogen) atoms. The van der Waals surface area contributed by atoms with Crippen molar-refractivity contribution in [3.05, 3.63) is 57.8 Å². The van der Waals surface area contributed by atoms with Gasteiger partial charge in [0.05, 0.1) is 12.7 Å². The van der Waals surface area contributed by atoms with Crippen molar-refractivity contribution in [3.63, 3.8) is 0 Å². The van der Waals surface area contributed by atoms with E-state index in [0.29, 0.717) is 0 Å². The van der Waals surface area contributed by atoms with Crippen LogP contribution in [0.2, 0.25) is 0 Å². The van der Waals surface area contributed by atoms with Gasteiger partial charge >= 0.3 is 0 Å². The van der Waals surface area contributed by atoms with Crippen molar-refractivity contribution in [2.45, 2.75) is 88.6 Å². The summed E-state index contributed by atoms with van der Waals surface area (Å²) in [5.41, 5.74) is 0.138. The molecule has 10 atom stereocenters. The number of aromatic hydroxyl groups is 2. The third kappa shape index (κ3) is 6.67. The van der Waals surface area contributed by atoms with Crippen molar-refractivity contribution in [2.75, 3.05) is 6.61 Å². The molecular weight excluding hydrogens is 624 g/mol. The van der Waals surface area contributed by atoms with Gasteiger partial charge in [0.25, 0.3) is 0 Å². The zero-order valence-corrected chi connectivity index (χ0v) is 25.6. The second kappa shape index (κ2) is 13.8. The maximum atomic E-state index is 14.2. The summed E-state index contributed by atoms with van der Waals surface area (Å²) >= 11 is 0. The number of phenolic OH excluding ortho intramolecular Hbond substituents is 2. The first-order chi connectivity index (χ1) is 22.2. The van der Waals surface area contributed by atoms with E-state index in [1.54, 1.807) is 6.08 Å². The molecule has 0 saturated carbocycles. The molecule has 0 amide bonds. The highest BCUT2D eigenvalue weighted by Gasteiger charge is 2.46. The Morgan fingerprint density at radius 2 is 1.47 bits per heavy atom. The maximum absolute atomic E-state index is 14.2. The normalized spacial score (nSPS) is 31.0. The Hall–Kier alpha value is -3.77.